The zero-order valence-corrected chi connectivity index (χ0v) is 8.10. The van der Waals surface area contributed by atoms with Gasteiger partial charge in [-0.05, 0) is 32.7 Å². The molecule has 0 radical (unpaired) electrons. The number of rotatable bonds is 3. The average molecular weight is 187 g/mol. The first-order valence-electron chi connectivity index (χ1n) is 4.67. The lowest BCUT2D eigenvalue weighted by molar-refractivity contribution is -0.142. The number of nitrogens with zero attached hydrogens (tertiary/aromatic N) is 1. The van der Waals surface area contributed by atoms with E-state index in [9.17, 15) is 9.90 Å². The molecule has 0 spiro atoms. The van der Waals surface area contributed by atoms with Crippen molar-refractivity contribution in [3.8, 4) is 0 Å². The number of aliphatic hydroxyl groups is 1. The summed E-state index contributed by atoms with van der Waals surface area (Å²) in [5, 5.41) is 18.1. The van der Waals surface area contributed by atoms with E-state index in [-0.39, 0.29) is 12.0 Å². The van der Waals surface area contributed by atoms with Crippen molar-refractivity contribution in [2.24, 2.45) is 5.92 Å². The van der Waals surface area contributed by atoms with Crippen LogP contribution in [0.3, 0.4) is 0 Å². The maximum absolute atomic E-state index is 10.7. The van der Waals surface area contributed by atoms with Crippen LogP contribution in [0.4, 0.5) is 0 Å². The SMILES string of the molecule is CC(O)C1CCN(C(C)C(=O)O)C1. The number of hydrogen-bond donors (Lipinski definition) is 2. The molecule has 0 aliphatic carbocycles. The van der Waals surface area contributed by atoms with Gasteiger partial charge in [0.15, 0.2) is 0 Å². The van der Waals surface area contributed by atoms with E-state index in [1.807, 2.05) is 4.90 Å². The van der Waals surface area contributed by atoms with Crippen molar-refractivity contribution >= 4 is 5.97 Å². The molecule has 1 aliphatic rings. The summed E-state index contributed by atoms with van der Waals surface area (Å²) in [6.07, 6.45) is 0.570. The standard InChI is InChI=1S/C9H17NO3/c1-6(9(12)13)10-4-3-8(5-10)7(2)11/h6-8,11H,3-5H2,1-2H3,(H,12,13). The molecule has 3 atom stereocenters. The molecule has 1 heterocycles. The van der Waals surface area contributed by atoms with Crippen molar-refractivity contribution in [2.45, 2.75) is 32.4 Å². The van der Waals surface area contributed by atoms with Gasteiger partial charge in [0.25, 0.3) is 0 Å². The van der Waals surface area contributed by atoms with Gasteiger partial charge in [0, 0.05) is 6.54 Å². The summed E-state index contributed by atoms with van der Waals surface area (Å²) in [4.78, 5) is 12.6. The largest absolute Gasteiger partial charge is 0.480 e. The minimum absolute atomic E-state index is 0.238. The van der Waals surface area contributed by atoms with Gasteiger partial charge in [-0.3, -0.25) is 9.69 Å². The molecule has 2 N–H and O–H groups in total. The van der Waals surface area contributed by atoms with Gasteiger partial charge in [-0.1, -0.05) is 0 Å². The minimum atomic E-state index is -0.786. The summed E-state index contributed by atoms with van der Waals surface area (Å²) in [6, 6.07) is -0.427. The van der Waals surface area contributed by atoms with Crippen LogP contribution in [0.2, 0.25) is 0 Å². The topological polar surface area (TPSA) is 60.8 Å². The Morgan fingerprint density at radius 2 is 2.15 bits per heavy atom. The lowest BCUT2D eigenvalue weighted by atomic mass is 10.0. The normalized spacial score (nSPS) is 28.7. The first-order chi connectivity index (χ1) is 6.02. The molecule has 0 amide bonds. The Morgan fingerprint density at radius 1 is 1.54 bits per heavy atom. The van der Waals surface area contributed by atoms with Crippen LogP contribution >= 0.6 is 0 Å². The van der Waals surface area contributed by atoms with E-state index in [4.69, 9.17) is 5.11 Å². The van der Waals surface area contributed by atoms with Gasteiger partial charge < -0.3 is 10.2 Å². The third kappa shape index (κ3) is 2.42. The molecule has 1 aliphatic heterocycles. The summed E-state index contributed by atoms with van der Waals surface area (Å²) in [5.41, 5.74) is 0. The molecule has 4 nitrogen and oxygen atoms in total. The number of hydrogen-bond acceptors (Lipinski definition) is 3. The van der Waals surface area contributed by atoms with Gasteiger partial charge in [-0.15, -0.1) is 0 Å². The lowest BCUT2D eigenvalue weighted by Crippen LogP contribution is -2.37. The molecule has 1 saturated heterocycles. The van der Waals surface area contributed by atoms with E-state index in [2.05, 4.69) is 0 Å². The fourth-order valence-corrected chi connectivity index (χ4v) is 1.72. The number of aliphatic carboxylic acids is 1. The molecule has 0 bridgehead atoms. The van der Waals surface area contributed by atoms with Gasteiger partial charge >= 0.3 is 5.97 Å². The number of carboxylic acid groups (broad SMARTS) is 1. The van der Waals surface area contributed by atoms with E-state index < -0.39 is 12.0 Å². The zero-order chi connectivity index (χ0) is 10.0. The first kappa shape index (κ1) is 10.5. The maximum Gasteiger partial charge on any atom is 0.320 e. The lowest BCUT2D eigenvalue weighted by Gasteiger charge is -2.21. The Balaban J connectivity index is 2.45. The van der Waals surface area contributed by atoms with Crippen molar-refractivity contribution < 1.29 is 15.0 Å². The highest BCUT2D eigenvalue weighted by Crippen LogP contribution is 2.21. The highest BCUT2D eigenvalue weighted by Gasteiger charge is 2.31. The molecule has 13 heavy (non-hydrogen) atoms. The number of likely N-dealkylation sites (tertiary alicyclic amines) is 1. The average Bonchev–Trinajstić information content (AvgIpc) is 2.50. The summed E-state index contributed by atoms with van der Waals surface area (Å²) in [7, 11) is 0. The second-order valence-corrected chi connectivity index (χ2v) is 3.80. The molecule has 0 saturated carbocycles. The summed E-state index contributed by atoms with van der Waals surface area (Å²) < 4.78 is 0. The van der Waals surface area contributed by atoms with E-state index in [0.29, 0.717) is 6.54 Å². The quantitative estimate of drug-likeness (QED) is 0.661. The van der Waals surface area contributed by atoms with Crippen molar-refractivity contribution in [3.63, 3.8) is 0 Å². The van der Waals surface area contributed by atoms with Crippen molar-refractivity contribution in [1.82, 2.24) is 4.90 Å². The Labute approximate surface area is 78.2 Å². The van der Waals surface area contributed by atoms with E-state index in [1.165, 1.54) is 0 Å². The summed E-state index contributed by atoms with van der Waals surface area (Å²) >= 11 is 0. The van der Waals surface area contributed by atoms with Crippen LogP contribution in [0.15, 0.2) is 0 Å². The molecule has 3 unspecified atom stereocenters. The molecule has 1 fully saturated rings. The maximum atomic E-state index is 10.7. The predicted molar refractivity (Wildman–Crippen MR) is 48.5 cm³/mol. The molecule has 76 valence electrons. The van der Waals surface area contributed by atoms with Gasteiger partial charge in [-0.25, -0.2) is 0 Å². The Bertz CT molecular complexity index is 193. The molecule has 0 aromatic rings. The molecule has 1 rings (SSSR count). The third-order valence-corrected chi connectivity index (χ3v) is 2.84. The molecule has 0 aromatic heterocycles. The number of carboxylic acids is 1. The van der Waals surface area contributed by atoms with E-state index in [1.54, 1.807) is 13.8 Å². The van der Waals surface area contributed by atoms with Crippen LogP contribution < -0.4 is 0 Å². The van der Waals surface area contributed by atoms with Gasteiger partial charge in [0.2, 0.25) is 0 Å². The van der Waals surface area contributed by atoms with E-state index in [0.717, 1.165) is 13.0 Å². The van der Waals surface area contributed by atoms with Gasteiger partial charge in [-0.2, -0.15) is 0 Å². The molecular formula is C9H17NO3. The van der Waals surface area contributed by atoms with Crippen LogP contribution in [0.5, 0.6) is 0 Å². The fraction of sp³-hybridized carbons (Fsp3) is 0.889. The number of carbonyl (C=O) groups is 1. The van der Waals surface area contributed by atoms with Crippen molar-refractivity contribution in [2.75, 3.05) is 13.1 Å². The molecular weight excluding hydrogens is 170 g/mol. The summed E-state index contributed by atoms with van der Waals surface area (Å²) in [5.74, 6) is -0.548. The van der Waals surface area contributed by atoms with Crippen molar-refractivity contribution in [1.29, 1.82) is 0 Å². The smallest absolute Gasteiger partial charge is 0.320 e. The first-order valence-corrected chi connectivity index (χ1v) is 4.67. The van der Waals surface area contributed by atoms with E-state index >= 15 is 0 Å². The Hall–Kier alpha value is -0.610. The van der Waals surface area contributed by atoms with Crippen LogP contribution in [-0.4, -0.2) is 46.3 Å². The monoisotopic (exact) mass is 187 g/mol. The summed E-state index contributed by atoms with van der Waals surface area (Å²) in [6.45, 7) is 4.93. The van der Waals surface area contributed by atoms with Crippen LogP contribution in [0.25, 0.3) is 0 Å². The fourth-order valence-electron chi connectivity index (χ4n) is 1.72. The Kier molecular flexibility index (Phi) is 3.27. The molecule has 0 aromatic carbocycles. The van der Waals surface area contributed by atoms with Crippen LogP contribution in [0, 0.1) is 5.92 Å². The number of aliphatic hydroxyl groups excluding tert-OH is 1. The third-order valence-electron chi connectivity index (χ3n) is 2.84. The van der Waals surface area contributed by atoms with Gasteiger partial charge in [0.05, 0.1) is 6.10 Å². The zero-order valence-electron chi connectivity index (χ0n) is 8.10. The minimum Gasteiger partial charge on any atom is -0.480 e. The predicted octanol–water partition coefficient (Wildman–Crippen LogP) is 0.162. The highest BCUT2D eigenvalue weighted by molar-refractivity contribution is 5.72. The highest BCUT2D eigenvalue weighted by atomic mass is 16.4. The Morgan fingerprint density at radius 3 is 2.54 bits per heavy atom. The second-order valence-electron chi connectivity index (χ2n) is 3.80. The second kappa shape index (κ2) is 4.07. The van der Waals surface area contributed by atoms with Crippen LogP contribution in [0.1, 0.15) is 20.3 Å². The molecule has 4 heteroatoms. The van der Waals surface area contributed by atoms with Gasteiger partial charge in [0.1, 0.15) is 6.04 Å². The van der Waals surface area contributed by atoms with Crippen molar-refractivity contribution in [3.05, 3.63) is 0 Å². The van der Waals surface area contributed by atoms with Crippen LogP contribution in [-0.2, 0) is 4.79 Å².